The zero-order valence-electron chi connectivity index (χ0n) is 17.2. The van der Waals surface area contributed by atoms with Gasteiger partial charge in [0.25, 0.3) is 0 Å². The van der Waals surface area contributed by atoms with Crippen molar-refractivity contribution in [3.63, 3.8) is 0 Å². The second kappa shape index (κ2) is 9.50. The van der Waals surface area contributed by atoms with Gasteiger partial charge in [0.15, 0.2) is 0 Å². The van der Waals surface area contributed by atoms with E-state index in [0.717, 1.165) is 36.7 Å². The fraction of sp³-hybridized carbons (Fsp3) is 0.389. The monoisotopic (exact) mass is 463 g/mol. The number of sulfonamides is 1. The zero-order chi connectivity index (χ0) is 22.6. The number of H-pyrrole nitrogens is 1. The fourth-order valence-electron chi connectivity index (χ4n) is 3.15. The van der Waals surface area contributed by atoms with Crippen LogP contribution in [0.5, 0.6) is 0 Å². The number of benzene rings is 1. The van der Waals surface area contributed by atoms with Crippen LogP contribution in [0.4, 0.5) is 16.2 Å². The third-order valence-electron chi connectivity index (χ3n) is 4.71. The van der Waals surface area contributed by atoms with Gasteiger partial charge in [-0.3, -0.25) is 0 Å². The molecule has 0 atom stereocenters. The highest BCUT2D eigenvalue weighted by atomic mass is 32.2. The number of halogens is 1. The van der Waals surface area contributed by atoms with E-state index in [-0.39, 0.29) is 29.4 Å². The van der Waals surface area contributed by atoms with E-state index in [0.29, 0.717) is 19.2 Å². The lowest BCUT2D eigenvalue weighted by Crippen LogP contribution is -2.37. The summed E-state index contributed by atoms with van der Waals surface area (Å²) in [5, 5.41) is 16.0. The molecule has 0 aliphatic carbocycles. The second-order valence-electron chi connectivity index (χ2n) is 6.99. The molecule has 0 bridgehead atoms. The van der Waals surface area contributed by atoms with Gasteiger partial charge in [0, 0.05) is 37.9 Å². The smallest absolute Gasteiger partial charge is 0.240 e. The topological polar surface area (TPSA) is 151 Å². The van der Waals surface area contributed by atoms with Crippen LogP contribution in [0.2, 0.25) is 0 Å². The average Bonchev–Trinajstić information content (AvgIpc) is 3.32. The molecule has 12 nitrogen and oxygen atoms in total. The van der Waals surface area contributed by atoms with Crippen LogP contribution in [0.3, 0.4) is 0 Å². The molecule has 32 heavy (non-hydrogen) atoms. The minimum absolute atomic E-state index is 0.0334. The van der Waals surface area contributed by atoms with Gasteiger partial charge in [-0.2, -0.15) is 10.2 Å². The standard InChI is InChI=1S/C18H22FN9O3S/c1-12-10-16(28-6-8-31-9-7-28)23-18(22-12)20-4-5-21-32(29,30)13-2-3-15(19)14(11-13)17-24-26-27-25-17/h2-3,10-11,21H,4-9H2,1H3,(H,20,22,23)(H,24,25,26,27). The predicted molar refractivity (Wildman–Crippen MR) is 113 cm³/mol. The van der Waals surface area contributed by atoms with Crippen molar-refractivity contribution >= 4 is 21.8 Å². The Morgan fingerprint density at radius 2 is 2.00 bits per heavy atom. The fourth-order valence-corrected chi connectivity index (χ4v) is 4.20. The zero-order valence-corrected chi connectivity index (χ0v) is 18.1. The van der Waals surface area contributed by atoms with Gasteiger partial charge in [0.1, 0.15) is 11.6 Å². The Bertz CT molecular complexity index is 1170. The number of nitrogens with one attached hydrogen (secondary N) is 3. The molecule has 1 aliphatic heterocycles. The van der Waals surface area contributed by atoms with Crippen LogP contribution in [-0.2, 0) is 14.8 Å². The number of aromatic amines is 1. The Morgan fingerprint density at radius 3 is 2.75 bits per heavy atom. The Hall–Kier alpha value is -3.23. The van der Waals surface area contributed by atoms with Crippen molar-refractivity contribution in [1.82, 2.24) is 35.3 Å². The van der Waals surface area contributed by atoms with E-state index >= 15 is 0 Å². The number of aromatic nitrogens is 6. The van der Waals surface area contributed by atoms with E-state index in [2.05, 4.69) is 45.5 Å². The van der Waals surface area contributed by atoms with E-state index in [1.807, 2.05) is 13.0 Å². The first kappa shape index (κ1) is 22.0. The lowest BCUT2D eigenvalue weighted by atomic mass is 10.2. The highest BCUT2D eigenvalue weighted by Crippen LogP contribution is 2.22. The minimum Gasteiger partial charge on any atom is -0.378 e. The largest absolute Gasteiger partial charge is 0.378 e. The summed E-state index contributed by atoms with van der Waals surface area (Å²) in [6.45, 7) is 4.98. The van der Waals surface area contributed by atoms with E-state index in [1.165, 1.54) is 6.07 Å². The third kappa shape index (κ3) is 5.15. The molecule has 14 heteroatoms. The van der Waals surface area contributed by atoms with Gasteiger partial charge in [-0.05, 0) is 30.3 Å². The van der Waals surface area contributed by atoms with Crippen LogP contribution >= 0.6 is 0 Å². The number of hydrogen-bond donors (Lipinski definition) is 3. The van der Waals surface area contributed by atoms with Crippen LogP contribution in [0.25, 0.3) is 11.4 Å². The van der Waals surface area contributed by atoms with Gasteiger partial charge in [0.05, 0.1) is 23.7 Å². The summed E-state index contributed by atoms with van der Waals surface area (Å²) < 4.78 is 47.1. The molecule has 0 amide bonds. The van der Waals surface area contributed by atoms with Crippen molar-refractivity contribution < 1.29 is 17.5 Å². The van der Waals surface area contributed by atoms with E-state index < -0.39 is 15.8 Å². The first-order valence-electron chi connectivity index (χ1n) is 9.88. The van der Waals surface area contributed by atoms with Gasteiger partial charge in [0.2, 0.25) is 21.8 Å². The van der Waals surface area contributed by atoms with E-state index in [1.54, 1.807) is 0 Å². The lowest BCUT2D eigenvalue weighted by Gasteiger charge is -2.28. The molecule has 1 saturated heterocycles. The van der Waals surface area contributed by atoms with Gasteiger partial charge in [-0.15, -0.1) is 10.2 Å². The number of aryl methyl sites for hydroxylation is 1. The number of tetrazole rings is 1. The van der Waals surface area contributed by atoms with Crippen LogP contribution in [0.15, 0.2) is 29.2 Å². The summed E-state index contributed by atoms with van der Waals surface area (Å²) in [4.78, 5) is 10.9. The second-order valence-corrected chi connectivity index (χ2v) is 8.76. The Morgan fingerprint density at radius 1 is 1.19 bits per heavy atom. The molecule has 170 valence electrons. The molecule has 1 aromatic carbocycles. The minimum atomic E-state index is -3.88. The number of anilines is 2. The maximum absolute atomic E-state index is 14.0. The molecule has 2 aromatic heterocycles. The third-order valence-corrected chi connectivity index (χ3v) is 6.17. The molecule has 3 heterocycles. The van der Waals surface area contributed by atoms with Gasteiger partial charge in [-0.25, -0.2) is 22.5 Å². The number of hydrogen-bond acceptors (Lipinski definition) is 10. The Labute approximate surface area is 183 Å². The summed E-state index contributed by atoms with van der Waals surface area (Å²) in [5.74, 6) is 0.518. The molecule has 3 N–H and O–H groups in total. The summed E-state index contributed by atoms with van der Waals surface area (Å²) >= 11 is 0. The van der Waals surface area contributed by atoms with Gasteiger partial charge < -0.3 is 15.0 Å². The van der Waals surface area contributed by atoms with E-state index in [9.17, 15) is 12.8 Å². The van der Waals surface area contributed by atoms with Crippen LogP contribution < -0.4 is 14.9 Å². The van der Waals surface area contributed by atoms with Gasteiger partial charge in [-0.1, -0.05) is 0 Å². The summed E-state index contributed by atoms with van der Waals surface area (Å²) in [7, 11) is -3.88. The molecule has 1 aliphatic rings. The first-order chi connectivity index (χ1) is 15.4. The SMILES string of the molecule is Cc1cc(N2CCOCC2)nc(NCCNS(=O)(=O)c2ccc(F)c(-c3nn[nH]n3)c2)n1. The summed E-state index contributed by atoms with van der Waals surface area (Å²) in [5.41, 5.74) is 0.730. The normalized spacial score (nSPS) is 14.5. The highest BCUT2D eigenvalue weighted by Gasteiger charge is 2.19. The predicted octanol–water partition coefficient (Wildman–Crippen LogP) is 0.331. The van der Waals surface area contributed by atoms with Crippen LogP contribution in [-0.4, -0.2) is 78.4 Å². The maximum atomic E-state index is 14.0. The first-order valence-corrected chi connectivity index (χ1v) is 11.4. The number of nitrogens with zero attached hydrogens (tertiary/aromatic N) is 6. The molecule has 0 radical (unpaired) electrons. The van der Waals surface area contributed by atoms with Crippen molar-refractivity contribution in [2.24, 2.45) is 0 Å². The molecular weight excluding hydrogens is 441 g/mol. The molecule has 0 saturated carbocycles. The molecular formula is C18H22FN9O3S. The van der Waals surface area contributed by atoms with E-state index in [4.69, 9.17) is 4.74 Å². The summed E-state index contributed by atoms with van der Waals surface area (Å²) in [6.07, 6.45) is 0. The molecule has 1 fully saturated rings. The highest BCUT2D eigenvalue weighted by molar-refractivity contribution is 7.89. The van der Waals surface area contributed by atoms with Crippen molar-refractivity contribution in [3.05, 3.63) is 35.8 Å². The van der Waals surface area contributed by atoms with Crippen molar-refractivity contribution in [2.45, 2.75) is 11.8 Å². The van der Waals surface area contributed by atoms with Crippen molar-refractivity contribution in [2.75, 3.05) is 49.6 Å². The molecule has 4 rings (SSSR count). The number of morpholine rings is 1. The van der Waals surface area contributed by atoms with Crippen LogP contribution in [0.1, 0.15) is 5.69 Å². The average molecular weight is 463 g/mol. The molecule has 0 spiro atoms. The lowest BCUT2D eigenvalue weighted by molar-refractivity contribution is 0.122. The number of ether oxygens (including phenoxy) is 1. The van der Waals surface area contributed by atoms with Crippen molar-refractivity contribution in [3.8, 4) is 11.4 Å². The maximum Gasteiger partial charge on any atom is 0.240 e. The van der Waals surface area contributed by atoms with Gasteiger partial charge >= 0.3 is 0 Å². The number of rotatable bonds is 8. The van der Waals surface area contributed by atoms with Crippen molar-refractivity contribution in [1.29, 1.82) is 0 Å². The quantitative estimate of drug-likeness (QED) is 0.399. The summed E-state index contributed by atoms with van der Waals surface area (Å²) in [6, 6.07) is 5.28. The Kier molecular flexibility index (Phi) is 6.53. The Balaban J connectivity index is 1.37. The molecule has 3 aromatic rings. The van der Waals surface area contributed by atoms with Crippen LogP contribution in [0, 0.1) is 12.7 Å². The molecule has 0 unspecified atom stereocenters.